The largest absolute Gasteiger partial charge is 0.343 e. The smallest absolute Gasteiger partial charge is 0.246 e. The Morgan fingerprint density at radius 2 is 2.14 bits per heavy atom. The van der Waals surface area contributed by atoms with Gasteiger partial charge in [-0.15, -0.1) is 0 Å². The Bertz CT molecular complexity index is 702. The van der Waals surface area contributed by atoms with Gasteiger partial charge in [0.1, 0.15) is 4.90 Å². The molecule has 1 saturated heterocycles. The van der Waals surface area contributed by atoms with E-state index in [1.165, 1.54) is 16.9 Å². The second-order valence-electron chi connectivity index (χ2n) is 5.43. The van der Waals surface area contributed by atoms with Crippen LogP contribution in [-0.4, -0.2) is 45.7 Å². The van der Waals surface area contributed by atoms with E-state index in [9.17, 15) is 8.42 Å². The monoisotopic (exact) mass is 325 g/mol. The lowest BCUT2D eigenvalue weighted by molar-refractivity contribution is 0.268. The lowest BCUT2D eigenvalue weighted by atomic mass is 9.94. The second kappa shape index (κ2) is 6.17. The van der Waals surface area contributed by atoms with Crippen molar-refractivity contribution in [3.63, 3.8) is 0 Å². The maximum Gasteiger partial charge on any atom is 0.246 e. The number of hydrogen-bond acceptors (Lipinski definition) is 6. The van der Waals surface area contributed by atoms with Crippen LogP contribution >= 0.6 is 0 Å². The highest BCUT2D eigenvalue weighted by Gasteiger charge is 2.30. The van der Waals surface area contributed by atoms with E-state index < -0.39 is 10.0 Å². The van der Waals surface area contributed by atoms with Crippen LogP contribution in [0.3, 0.4) is 0 Å². The molecule has 0 spiro atoms. The van der Waals surface area contributed by atoms with E-state index in [1.54, 1.807) is 10.9 Å². The Morgan fingerprint density at radius 1 is 1.36 bits per heavy atom. The van der Waals surface area contributed by atoms with Gasteiger partial charge in [0.25, 0.3) is 0 Å². The molecule has 3 heterocycles. The van der Waals surface area contributed by atoms with Gasteiger partial charge in [-0.1, -0.05) is 5.16 Å². The average molecular weight is 325 g/mol. The molecule has 120 valence electrons. The molecule has 8 nitrogen and oxygen atoms in total. The molecule has 0 aromatic carbocycles. The number of nitrogens with zero attached hydrogens (tertiary/aromatic N) is 5. The topological polar surface area (TPSA) is 94.1 Å². The molecule has 3 rings (SSSR count). The number of aromatic nitrogens is 4. The molecule has 0 amide bonds. The summed E-state index contributed by atoms with van der Waals surface area (Å²) in [7, 11) is -3.44. The van der Waals surface area contributed by atoms with Crippen LogP contribution in [0.15, 0.2) is 28.2 Å². The van der Waals surface area contributed by atoms with Gasteiger partial charge in [-0.2, -0.15) is 14.4 Å². The molecule has 0 radical (unpaired) electrons. The third-order valence-corrected chi connectivity index (χ3v) is 5.87. The fourth-order valence-corrected chi connectivity index (χ4v) is 4.12. The lowest BCUT2D eigenvalue weighted by Crippen LogP contribution is -2.38. The Hall–Kier alpha value is -1.74. The number of piperidine rings is 1. The lowest BCUT2D eigenvalue weighted by Gasteiger charge is -2.30. The van der Waals surface area contributed by atoms with E-state index in [2.05, 4.69) is 15.2 Å². The van der Waals surface area contributed by atoms with Gasteiger partial charge in [0.05, 0.1) is 6.20 Å². The van der Waals surface area contributed by atoms with Gasteiger partial charge in [0, 0.05) is 32.3 Å². The summed E-state index contributed by atoms with van der Waals surface area (Å²) in [5.41, 5.74) is 0. The zero-order valence-electron chi connectivity index (χ0n) is 12.4. The van der Waals surface area contributed by atoms with Crippen LogP contribution in [0.4, 0.5) is 0 Å². The van der Waals surface area contributed by atoms with Crippen molar-refractivity contribution in [3.05, 3.63) is 24.6 Å². The molecule has 0 atom stereocenters. The van der Waals surface area contributed by atoms with Crippen molar-refractivity contribution >= 4 is 10.0 Å². The number of hydrogen-bond donors (Lipinski definition) is 0. The van der Waals surface area contributed by atoms with Crippen molar-refractivity contribution in [1.82, 2.24) is 24.2 Å². The molecule has 22 heavy (non-hydrogen) atoms. The molecule has 2 aromatic heterocycles. The van der Waals surface area contributed by atoms with Gasteiger partial charge in [-0.25, -0.2) is 8.42 Å². The summed E-state index contributed by atoms with van der Waals surface area (Å²) in [5, 5.41) is 7.85. The van der Waals surface area contributed by atoms with Crippen LogP contribution in [0.5, 0.6) is 0 Å². The Labute approximate surface area is 129 Å². The predicted octanol–water partition coefficient (Wildman–Crippen LogP) is 0.929. The zero-order chi connectivity index (χ0) is 15.6. The standard InChI is InChI=1S/C13H19N5O3S/c1-2-17-9-12(8-15-17)22(19,20)18-5-3-11(4-6-18)7-13-14-10-21-16-13/h8-11H,2-7H2,1H3. The maximum absolute atomic E-state index is 12.6. The number of sulfonamides is 1. The molecule has 0 N–H and O–H groups in total. The van der Waals surface area contributed by atoms with E-state index in [0.717, 1.165) is 19.3 Å². The van der Waals surface area contributed by atoms with Gasteiger partial charge in [-0.3, -0.25) is 4.68 Å². The van der Waals surface area contributed by atoms with E-state index in [0.29, 0.717) is 31.4 Å². The molecule has 1 aliphatic heterocycles. The SMILES string of the molecule is CCn1cc(S(=O)(=O)N2CCC(Cc3ncon3)CC2)cn1. The van der Waals surface area contributed by atoms with Gasteiger partial charge in [0.2, 0.25) is 16.4 Å². The molecular formula is C13H19N5O3S. The number of aryl methyl sites for hydroxylation is 1. The normalized spacial score (nSPS) is 17.9. The number of rotatable bonds is 5. The highest BCUT2D eigenvalue weighted by Crippen LogP contribution is 2.25. The minimum Gasteiger partial charge on any atom is -0.343 e. The van der Waals surface area contributed by atoms with Crippen molar-refractivity contribution in [2.75, 3.05) is 13.1 Å². The molecule has 0 bridgehead atoms. The van der Waals surface area contributed by atoms with Crippen LogP contribution in [0.2, 0.25) is 0 Å². The zero-order valence-corrected chi connectivity index (χ0v) is 13.2. The summed E-state index contributed by atoms with van der Waals surface area (Å²) in [6.45, 7) is 3.61. The van der Waals surface area contributed by atoms with Gasteiger partial charge >= 0.3 is 0 Å². The first kappa shape index (κ1) is 15.2. The summed E-state index contributed by atoms with van der Waals surface area (Å²) in [6.07, 6.45) is 6.66. The fourth-order valence-electron chi connectivity index (χ4n) is 2.69. The Morgan fingerprint density at radius 3 is 2.73 bits per heavy atom. The molecule has 0 aliphatic carbocycles. The van der Waals surface area contributed by atoms with Gasteiger partial charge < -0.3 is 4.52 Å². The van der Waals surface area contributed by atoms with Crippen LogP contribution < -0.4 is 0 Å². The first-order chi connectivity index (χ1) is 10.6. The average Bonchev–Trinajstić information content (AvgIpc) is 3.19. The van der Waals surface area contributed by atoms with E-state index in [1.807, 2.05) is 6.92 Å². The minimum atomic E-state index is -3.44. The molecule has 1 aliphatic rings. The first-order valence-electron chi connectivity index (χ1n) is 7.37. The Balaban J connectivity index is 1.62. The predicted molar refractivity (Wildman–Crippen MR) is 77.4 cm³/mol. The van der Waals surface area contributed by atoms with Crippen LogP contribution in [-0.2, 0) is 23.0 Å². The van der Waals surface area contributed by atoms with Crippen molar-refractivity contribution in [3.8, 4) is 0 Å². The molecule has 2 aromatic rings. The van der Waals surface area contributed by atoms with Crippen LogP contribution in [0.1, 0.15) is 25.6 Å². The van der Waals surface area contributed by atoms with Gasteiger partial charge in [0.15, 0.2) is 5.82 Å². The summed E-state index contributed by atoms with van der Waals surface area (Å²) < 4.78 is 33.0. The van der Waals surface area contributed by atoms with Crippen molar-refractivity contribution < 1.29 is 12.9 Å². The van der Waals surface area contributed by atoms with Crippen molar-refractivity contribution in [1.29, 1.82) is 0 Å². The summed E-state index contributed by atoms with van der Waals surface area (Å²) in [5.74, 6) is 1.08. The second-order valence-corrected chi connectivity index (χ2v) is 7.37. The van der Waals surface area contributed by atoms with Crippen molar-refractivity contribution in [2.24, 2.45) is 5.92 Å². The maximum atomic E-state index is 12.6. The van der Waals surface area contributed by atoms with Gasteiger partial charge in [-0.05, 0) is 25.7 Å². The third kappa shape index (κ3) is 3.05. The molecular weight excluding hydrogens is 306 g/mol. The highest BCUT2D eigenvalue weighted by molar-refractivity contribution is 7.89. The first-order valence-corrected chi connectivity index (χ1v) is 8.81. The summed E-state index contributed by atoms with van der Waals surface area (Å²) in [4.78, 5) is 4.29. The highest BCUT2D eigenvalue weighted by atomic mass is 32.2. The quantitative estimate of drug-likeness (QED) is 0.811. The third-order valence-electron chi connectivity index (χ3n) is 4.02. The van der Waals surface area contributed by atoms with E-state index >= 15 is 0 Å². The fraction of sp³-hybridized carbons (Fsp3) is 0.615. The molecule has 9 heteroatoms. The van der Waals surface area contributed by atoms with Crippen molar-refractivity contribution in [2.45, 2.75) is 37.6 Å². The van der Waals surface area contributed by atoms with E-state index in [4.69, 9.17) is 4.52 Å². The Kier molecular flexibility index (Phi) is 4.25. The molecule has 0 unspecified atom stereocenters. The van der Waals surface area contributed by atoms with Crippen LogP contribution in [0.25, 0.3) is 0 Å². The molecule has 1 fully saturated rings. The van der Waals surface area contributed by atoms with Crippen LogP contribution in [0, 0.1) is 5.92 Å². The molecule has 0 saturated carbocycles. The van der Waals surface area contributed by atoms with E-state index in [-0.39, 0.29) is 4.90 Å². The minimum absolute atomic E-state index is 0.269. The summed E-state index contributed by atoms with van der Waals surface area (Å²) >= 11 is 0. The summed E-state index contributed by atoms with van der Waals surface area (Å²) in [6, 6.07) is 0.